The number of aliphatic hydroxyl groups excluding tert-OH is 1. The molecule has 0 aromatic carbocycles. The van der Waals surface area contributed by atoms with E-state index in [1.807, 2.05) is 23.4 Å². The van der Waals surface area contributed by atoms with Gasteiger partial charge >= 0.3 is 5.97 Å². The van der Waals surface area contributed by atoms with Gasteiger partial charge in [0.2, 0.25) is 0 Å². The molecule has 0 aliphatic heterocycles. The first-order chi connectivity index (χ1) is 7.52. The summed E-state index contributed by atoms with van der Waals surface area (Å²) in [6, 6.07) is 1.97. The molecule has 4 nitrogen and oxygen atoms in total. The van der Waals surface area contributed by atoms with Crippen molar-refractivity contribution in [1.82, 2.24) is 0 Å². The first-order valence-electron chi connectivity index (χ1n) is 4.73. The van der Waals surface area contributed by atoms with Gasteiger partial charge in [0, 0.05) is 23.4 Å². The Balaban J connectivity index is 2.45. The normalized spacial score (nSPS) is 12.2. The summed E-state index contributed by atoms with van der Waals surface area (Å²) in [4.78, 5) is 12.8. The van der Waals surface area contributed by atoms with Crippen LogP contribution in [0.2, 0.25) is 0 Å². The Bertz CT molecular complexity index is 356. The highest BCUT2D eigenvalue weighted by Gasteiger charge is 2.14. The second-order valence-corrected chi connectivity index (χ2v) is 5.22. The molecule has 6 heteroatoms. The molecule has 1 atom stereocenters. The molecule has 1 rings (SSSR count). The number of likely N-dealkylation sites (N-methyl/N-ethyl adjacent to an activating group) is 1. The van der Waals surface area contributed by atoms with Crippen molar-refractivity contribution in [3.05, 3.63) is 15.9 Å². The lowest BCUT2D eigenvalue weighted by molar-refractivity contribution is -0.142. The summed E-state index contributed by atoms with van der Waals surface area (Å²) in [5.74, 6) is -0.395. The van der Waals surface area contributed by atoms with E-state index in [9.17, 15) is 9.90 Å². The van der Waals surface area contributed by atoms with Gasteiger partial charge in [-0.3, -0.25) is 4.79 Å². The van der Waals surface area contributed by atoms with Gasteiger partial charge in [-0.05, 0) is 22.0 Å². The predicted molar refractivity (Wildman–Crippen MR) is 67.9 cm³/mol. The molecular weight excluding hydrogens is 294 g/mol. The monoisotopic (exact) mass is 307 g/mol. The highest BCUT2D eigenvalue weighted by molar-refractivity contribution is 9.10. The van der Waals surface area contributed by atoms with Crippen molar-refractivity contribution < 1.29 is 14.6 Å². The fourth-order valence-electron chi connectivity index (χ4n) is 1.25. The Labute approximate surface area is 107 Å². The summed E-state index contributed by atoms with van der Waals surface area (Å²) in [7, 11) is 3.19. The van der Waals surface area contributed by atoms with Crippen molar-refractivity contribution in [3.8, 4) is 0 Å². The van der Waals surface area contributed by atoms with Gasteiger partial charge < -0.3 is 14.7 Å². The first-order valence-corrected chi connectivity index (χ1v) is 6.40. The fraction of sp³-hybridized carbons (Fsp3) is 0.500. The summed E-state index contributed by atoms with van der Waals surface area (Å²) in [6.45, 7) is 0.405. The topological polar surface area (TPSA) is 49.8 Å². The lowest BCUT2D eigenvalue weighted by atomic mass is 10.2. The maximum atomic E-state index is 10.9. The second-order valence-electron chi connectivity index (χ2n) is 3.42. The molecule has 16 heavy (non-hydrogen) atoms. The van der Waals surface area contributed by atoms with Crippen molar-refractivity contribution in [2.24, 2.45) is 0 Å². The Kier molecular flexibility index (Phi) is 5.24. The number of carbonyl (C=O) groups excluding carboxylic acids is 1. The van der Waals surface area contributed by atoms with Gasteiger partial charge in [0.05, 0.1) is 24.6 Å². The van der Waals surface area contributed by atoms with Gasteiger partial charge in [0.15, 0.2) is 0 Å². The summed E-state index contributed by atoms with van der Waals surface area (Å²) in [6.07, 6.45) is -0.689. The molecule has 90 valence electrons. The van der Waals surface area contributed by atoms with E-state index in [1.54, 1.807) is 11.3 Å². The lowest BCUT2D eigenvalue weighted by Gasteiger charge is -2.20. The van der Waals surface area contributed by atoms with Gasteiger partial charge in [-0.2, -0.15) is 0 Å². The number of halogens is 1. The number of aliphatic hydroxyl groups is 1. The third-order valence-electron chi connectivity index (χ3n) is 2.04. The molecule has 0 fully saturated rings. The number of rotatable bonds is 5. The second kappa shape index (κ2) is 6.22. The Hall–Kier alpha value is -0.590. The molecule has 0 spiro atoms. The third-order valence-corrected chi connectivity index (χ3v) is 3.85. The van der Waals surface area contributed by atoms with Crippen molar-refractivity contribution in [1.29, 1.82) is 0 Å². The fourth-order valence-corrected chi connectivity index (χ4v) is 2.65. The van der Waals surface area contributed by atoms with Gasteiger partial charge in [-0.1, -0.05) is 0 Å². The first kappa shape index (κ1) is 13.5. The summed E-state index contributed by atoms with van der Waals surface area (Å²) >= 11 is 4.94. The van der Waals surface area contributed by atoms with Crippen LogP contribution in [0.15, 0.2) is 15.9 Å². The van der Waals surface area contributed by atoms with E-state index in [0.717, 1.165) is 9.47 Å². The van der Waals surface area contributed by atoms with Crippen LogP contribution < -0.4 is 4.90 Å². The number of anilines is 1. The number of hydrogen-bond acceptors (Lipinski definition) is 5. The van der Waals surface area contributed by atoms with Crippen LogP contribution in [0.5, 0.6) is 0 Å². The van der Waals surface area contributed by atoms with Crippen molar-refractivity contribution in [2.45, 2.75) is 12.5 Å². The average molecular weight is 308 g/mol. The molecule has 0 amide bonds. The van der Waals surface area contributed by atoms with Crippen LogP contribution in [0.1, 0.15) is 6.42 Å². The molecule has 1 aromatic rings. The minimum absolute atomic E-state index is 0.0212. The zero-order valence-electron chi connectivity index (χ0n) is 9.14. The van der Waals surface area contributed by atoms with Gasteiger partial charge in [0.1, 0.15) is 0 Å². The van der Waals surface area contributed by atoms with Gasteiger partial charge in [0.25, 0.3) is 0 Å². The quantitative estimate of drug-likeness (QED) is 0.844. The number of ether oxygens (including phenoxy) is 1. The average Bonchev–Trinajstić information content (AvgIpc) is 2.64. The van der Waals surface area contributed by atoms with Crippen LogP contribution in [0.4, 0.5) is 5.00 Å². The SMILES string of the molecule is COC(=O)CC(O)CN(C)c1cc(Br)cs1. The van der Waals surface area contributed by atoms with E-state index in [2.05, 4.69) is 20.7 Å². The van der Waals surface area contributed by atoms with Crippen LogP contribution in [0, 0.1) is 0 Å². The summed E-state index contributed by atoms with van der Waals surface area (Å²) < 4.78 is 5.51. The van der Waals surface area contributed by atoms with E-state index in [4.69, 9.17) is 0 Å². The minimum Gasteiger partial charge on any atom is -0.469 e. The molecule has 0 bridgehead atoms. The molecule has 0 saturated heterocycles. The van der Waals surface area contributed by atoms with Crippen molar-refractivity contribution >= 4 is 38.2 Å². The van der Waals surface area contributed by atoms with E-state index < -0.39 is 12.1 Å². The standard InChI is InChI=1S/C10H14BrNO3S/c1-12(9-3-7(11)6-16-9)5-8(13)4-10(14)15-2/h3,6,8,13H,4-5H2,1-2H3. The zero-order chi connectivity index (χ0) is 12.1. The molecule has 0 aliphatic carbocycles. The number of thiophene rings is 1. The minimum atomic E-state index is -0.710. The molecule has 1 unspecified atom stereocenters. The molecule has 0 aliphatic rings. The maximum absolute atomic E-state index is 10.9. The van der Waals surface area contributed by atoms with Crippen LogP contribution in [0.25, 0.3) is 0 Å². The van der Waals surface area contributed by atoms with Crippen LogP contribution in [-0.2, 0) is 9.53 Å². The highest BCUT2D eigenvalue weighted by atomic mass is 79.9. The van der Waals surface area contributed by atoms with Crippen molar-refractivity contribution in [2.75, 3.05) is 25.6 Å². The van der Waals surface area contributed by atoms with E-state index in [1.165, 1.54) is 7.11 Å². The number of hydrogen-bond donors (Lipinski definition) is 1. The summed E-state index contributed by atoms with van der Waals surface area (Å²) in [5, 5.41) is 12.6. The Morgan fingerprint density at radius 3 is 2.94 bits per heavy atom. The van der Waals surface area contributed by atoms with Gasteiger partial charge in [-0.25, -0.2) is 0 Å². The molecule has 0 radical (unpaired) electrons. The lowest BCUT2D eigenvalue weighted by Crippen LogP contribution is -2.30. The number of methoxy groups -OCH3 is 1. The molecule has 1 N–H and O–H groups in total. The smallest absolute Gasteiger partial charge is 0.308 e. The highest BCUT2D eigenvalue weighted by Crippen LogP contribution is 2.27. The molecule has 1 heterocycles. The Morgan fingerprint density at radius 1 is 1.75 bits per heavy atom. The van der Waals surface area contributed by atoms with Crippen LogP contribution in [0.3, 0.4) is 0 Å². The van der Waals surface area contributed by atoms with Gasteiger partial charge in [-0.15, -0.1) is 11.3 Å². The summed E-state index contributed by atoms with van der Waals surface area (Å²) in [5.41, 5.74) is 0. The van der Waals surface area contributed by atoms with Crippen LogP contribution >= 0.6 is 27.3 Å². The van der Waals surface area contributed by atoms with E-state index >= 15 is 0 Å². The number of esters is 1. The number of nitrogens with zero attached hydrogens (tertiary/aromatic N) is 1. The van der Waals surface area contributed by atoms with E-state index in [0.29, 0.717) is 6.54 Å². The molecular formula is C10H14BrNO3S. The zero-order valence-corrected chi connectivity index (χ0v) is 11.5. The van der Waals surface area contributed by atoms with Crippen molar-refractivity contribution in [3.63, 3.8) is 0 Å². The third kappa shape index (κ3) is 4.11. The largest absolute Gasteiger partial charge is 0.469 e. The maximum Gasteiger partial charge on any atom is 0.308 e. The molecule has 1 aromatic heterocycles. The van der Waals surface area contributed by atoms with E-state index in [-0.39, 0.29) is 6.42 Å². The molecule has 0 saturated carbocycles. The van der Waals surface area contributed by atoms with Crippen LogP contribution in [-0.4, -0.2) is 37.9 Å². The Morgan fingerprint density at radius 2 is 2.44 bits per heavy atom. The number of carbonyl (C=O) groups is 1. The predicted octanol–water partition coefficient (Wildman–Crippen LogP) is 1.87.